The van der Waals surface area contributed by atoms with E-state index in [-0.39, 0.29) is 17.5 Å². The van der Waals surface area contributed by atoms with Crippen molar-refractivity contribution in [3.8, 4) is 5.75 Å². The van der Waals surface area contributed by atoms with Gasteiger partial charge in [0.1, 0.15) is 0 Å². The predicted octanol–water partition coefficient (Wildman–Crippen LogP) is 1.93. The fourth-order valence-corrected chi connectivity index (χ4v) is 2.59. The summed E-state index contributed by atoms with van der Waals surface area (Å²) in [5.74, 6) is -0.512. The molecule has 1 aromatic carbocycles. The van der Waals surface area contributed by atoms with Crippen LogP contribution < -0.4 is 15.0 Å². The highest BCUT2D eigenvalue weighted by atomic mass is 19.1. The van der Waals surface area contributed by atoms with E-state index in [2.05, 4.69) is 5.32 Å². The number of methoxy groups -OCH3 is 1. The molecule has 0 radical (unpaired) electrons. The summed E-state index contributed by atoms with van der Waals surface area (Å²) in [7, 11) is 1.34. The number of hydrogen-bond donors (Lipinski definition) is 1. The molecule has 1 aromatic rings. The molecular formula is C13H18FN3O3. The largest absolute Gasteiger partial charge is 0.490 e. The van der Waals surface area contributed by atoms with Crippen molar-refractivity contribution in [2.45, 2.75) is 19.4 Å². The first-order valence-corrected chi connectivity index (χ1v) is 6.57. The van der Waals surface area contributed by atoms with Gasteiger partial charge in [0.05, 0.1) is 23.8 Å². The molecule has 6 nitrogen and oxygen atoms in total. The van der Waals surface area contributed by atoms with E-state index >= 15 is 0 Å². The van der Waals surface area contributed by atoms with Crippen LogP contribution in [0.15, 0.2) is 12.1 Å². The minimum Gasteiger partial charge on any atom is -0.490 e. The maximum atomic E-state index is 14.2. The number of ether oxygens (including phenoxy) is 1. The molecule has 0 bridgehead atoms. The number of nitrogens with zero attached hydrogens (tertiary/aromatic N) is 2. The summed E-state index contributed by atoms with van der Waals surface area (Å²) in [5.41, 5.74) is -0.00185. The Morgan fingerprint density at radius 3 is 2.85 bits per heavy atom. The zero-order chi connectivity index (χ0) is 14.7. The highest BCUT2D eigenvalue weighted by molar-refractivity contribution is 5.61. The lowest BCUT2D eigenvalue weighted by atomic mass is 10.1. The summed E-state index contributed by atoms with van der Waals surface area (Å²) in [5, 5.41) is 14.1. The highest BCUT2D eigenvalue weighted by Gasteiger charge is 2.27. The molecule has 1 N–H and O–H groups in total. The lowest BCUT2D eigenvalue weighted by molar-refractivity contribution is -0.385. The van der Waals surface area contributed by atoms with Gasteiger partial charge in [0.2, 0.25) is 0 Å². The molecule has 0 aromatic heterocycles. The van der Waals surface area contributed by atoms with Crippen LogP contribution in [0.2, 0.25) is 0 Å². The number of halogens is 1. The number of nitro benzene ring substituents is 1. The number of hydrogen-bond acceptors (Lipinski definition) is 5. The van der Waals surface area contributed by atoms with Gasteiger partial charge < -0.3 is 15.0 Å². The van der Waals surface area contributed by atoms with Gasteiger partial charge in [0, 0.05) is 25.2 Å². The third-order valence-corrected chi connectivity index (χ3v) is 3.57. The molecule has 7 heteroatoms. The van der Waals surface area contributed by atoms with E-state index in [4.69, 9.17) is 4.74 Å². The maximum absolute atomic E-state index is 14.2. The van der Waals surface area contributed by atoms with Crippen LogP contribution in [0.3, 0.4) is 0 Å². The van der Waals surface area contributed by atoms with Crippen LogP contribution in [0.5, 0.6) is 5.75 Å². The summed E-state index contributed by atoms with van der Waals surface area (Å²) in [6, 6.07) is 2.54. The van der Waals surface area contributed by atoms with E-state index in [9.17, 15) is 14.5 Å². The van der Waals surface area contributed by atoms with Gasteiger partial charge in [-0.15, -0.1) is 0 Å². The van der Waals surface area contributed by atoms with Crippen molar-refractivity contribution < 1.29 is 14.1 Å². The Morgan fingerprint density at radius 1 is 1.60 bits per heavy atom. The lowest BCUT2D eigenvalue weighted by Gasteiger charge is -2.29. The molecule has 20 heavy (non-hydrogen) atoms. The van der Waals surface area contributed by atoms with Gasteiger partial charge in [-0.1, -0.05) is 0 Å². The summed E-state index contributed by atoms with van der Waals surface area (Å²) < 4.78 is 19.2. The zero-order valence-corrected chi connectivity index (χ0v) is 11.6. The summed E-state index contributed by atoms with van der Waals surface area (Å²) in [6.45, 7) is 4.25. The van der Waals surface area contributed by atoms with Crippen LogP contribution in [0.4, 0.5) is 15.8 Å². The van der Waals surface area contributed by atoms with Crippen LogP contribution in [0.25, 0.3) is 0 Å². The van der Waals surface area contributed by atoms with Gasteiger partial charge in [-0.2, -0.15) is 0 Å². The van der Waals surface area contributed by atoms with Crippen molar-refractivity contribution in [2.24, 2.45) is 0 Å². The fourth-order valence-electron chi connectivity index (χ4n) is 2.59. The minimum atomic E-state index is -0.640. The number of likely N-dealkylation sites (N-methyl/N-ethyl adjacent to an activating group) is 1. The van der Waals surface area contributed by atoms with Crippen molar-refractivity contribution in [3.63, 3.8) is 0 Å². The van der Waals surface area contributed by atoms with E-state index in [0.717, 1.165) is 25.6 Å². The quantitative estimate of drug-likeness (QED) is 0.660. The molecule has 1 atom stereocenters. The topological polar surface area (TPSA) is 67.6 Å². The molecule has 1 aliphatic heterocycles. The van der Waals surface area contributed by atoms with Crippen molar-refractivity contribution in [3.05, 3.63) is 28.1 Å². The van der Waals surface area contributed by atoms with Crippen LogP contribution in [-0.4, -0.2) is 37.7 Å². The molecule has 0 saturated carbocycles. The Labute approximate surface area is 116 Å². The van der Waals surface area contributed by atoms with Crippen LogP contribution in [0, 0.1) is 15.9 Å². The maximum Gasteiger partial charge on any atom is 0.313 e. The Bertz CT molecular complexity index is 504. The van der Waals surface area contributed by atoms with E-state index in [0.29, 0.717) is 12.2 Å². The average Bonchev–Trinajstić information content (AvgIpc) is 2.94. The van der Waals surface area contributed by atoms with E-state index in [1.165, 1.54) is 13.2 Å². The van der Waals surface area contributed by atoms with Crippen LogP contribution >= 0.6 is 0 Å². The third kappa shape index (κ3) is 2.67. The van der Waals surface area contributed by atoms with Gasteiger partial charge in [-0.25, -0.2) is 4.39 Å². The normalized spacial score (nSPS) is 18.1. The Balaban J connectivity index is 2.41. The molecule has 0 spiro atoms. The first-order chi connectivity index (χ1) is 9.58. The smallest absolute Gasteiger partial charge is 0.313 e. The number of nitro groups is 1. The predicted molar refractivity (Wildman–Crippen MR) is 73.9 cm³/mol. The van der Waals surface area contributed by atoms with Crippen LogP contribution in [0.1, 0.15) is 13.3 Å². The molecule has 1 unspecified atom stereocenters. The highest BCUT2D eigenvalue weighted by Crippen LogP contribution is 2.35. The zero-order valence-electron chi connectivity index (χ0n) is 11.6. The van der Waals surface area contributed by atoms with Crippen molar-refractivity contribution in [1.82, 2.24) is 5.32 Å². The molecule has 0 amide bonds. The van der Waals surface area contributed by atoms with Gasteiger partial charge in [-0.3, -0.25) is 10.1 Å². The van der Waals surface area contributed by atoms with Crippen molar-refractivity contribution >= 4 is 11.4 Å². The lowest BCUT2D eigenvalue weighted by Crippen LogP contribution is -2.37. The Kier molecular flexibility index (Phi) is 4.39. The second kappa shape index (κ2) is 6.04. The third-order valence-electron chi connectivity index (χ3n) is 3.57. The summed E-state index contributed by atoms with van der Waals surface area (Å²) >= 11 is 0. The number of rotatable bonds is 5. The fraction of sp³-hybridized carbons (Fsp3) is 0.538. The molecular weight excluding hydrogens is 265 g/mol. The van der Waals surface area contributed by atoms with E-state index in [1.54, 1.807) is 0 Å². The second-order valence-corrected chi connectivity index (χ2v) is 4.67. The van der Waals surface area contributed by atoms with E-state index < -0.39 is 10.7 Å². The Hall–Kier alpha value is -1.89. The molecule has 2 rings (SSSR count). The molecule has 0 aliphatic carbocycles. The standard InChI is InChI=1S/C13H18FN3O3/c1-3-16(9-4-5-15-8-9)11-7-13(20-2)12(17(18)19)6-10(11)14/h6-7,9,15H,3-5,8H2,1-2H3. The minimum absolute atomic E-state index is 0.0795. The summed E-state index contributed by atoms with van der Waals surface area (Å²) in [4.78, 5) is 12.2. The average molecular weight is 283 g/mol. The first-order valence-electron chi connectivity index (χ1n) is 6.57. The van der Waals surface area contributed by atoms with Gasteiger partial charge in [0.15, 0.2) is 11.6 Å². The van der Waals surface area contributed by atoms with Crippen molar-refractivity contribution in [2.75, 3.05) is 31.6 Å². The molecule has 1 aliphatic rings. The molecule has 1 fully saturated rings. The second-order valence-electron chi connectivity index (χ2n) is 4.67. The van der Waals surface area contributed by atoms with Crippen LogP contribution in [-0.2, 0) is 0 Å². The number of benzene rings is 1. The monoisotopic (exact) mass is 283 g/mol. The number of anilines is 1. The molecule has 1 saturated heterocycles. The van der Waals surface area contributed by atoms with E-state index in [1.807, 2.05) is 11.8 Å². The van der Waals surface area contributed by atoms with Gasteiger partial charge in [-0.05, 0) is 19.9 Å². The SMILES string of the molecule is CCN(c1cc(OC)c([N+](=O)[O-])cc1F)C1CCNC1. The molecule has 110 valence electrons. The van der Waals surface area contributed by atoms with Gasteiger partial charge in [0.25, 0.3) is 0 Å². The summed E-state index contributed by atoms with van der Waals surface area (Å²) in [6.07, 6.45) is 0.923. The van der Waals surface area contributed by atoms with Crippen molar-refractivity contribution in [1.29, 1.82) is 0 Å². The Morgan fingerprint density at radius 2 is 2.35 bits per heavy atom. The van der Waals surface area contributed by atoms with Gasteiger partial charge >= 0.3 is 5.69 Å². The first kappa shape index (κ1) is 14.5. The number of nitrogens with one attached hydrogen (secondary N) is 1. The molecule has 1 heterocycles.